The predicted molar refractivity (Wildman–Crippen MR) is 62.0 cm³/mol. The number of rotatable bonds is 4. The summed E-state index contributed by atoms with van der Waals surface area (Å²) in [5.41, 5.74) is 0. The average Bonchev–Trinajstić information content (AvgIpc) is 2.57. The average molecular weight is 259 g/mol. The van der Waals surface area contributed by atoms with Crippen LogP contribution in [0.25, 0.3) is 0 Å². The van der Waals surface area contributed by atoms with E-state index in [-0.39, 0.29) is 23.3 Å². The molecule has 2 rings (SSSR count). The number of sulfonamides is 1. The lowest BCUT2D eigenvalue weighted by Crippen LogP contribution is -2.41. The van der Waals surface area contributed by atoms with Gasteiger partial charge in [0, 0.05) is 19.2 Å². The highest BCUT2D eigenvalue weighted by atomic mass is 32.2. The zero-order chi connectivity index (χ0) is 12.6. The number of hydrogen-bond acceptors (Lipinski definition) is 4. The van der Waals surface area contributed by atoms with Crippen LogP contribution < -0.4 is 0 Å². The second-order valence-electron chi connectivity index (χ2n) is 4.40. The van der Waals surface area contributed by atoms with Gasteiger partial charge in [-0.2, -0.15) is 4.31 Å². The Labute approximate surface area is 101 Å². The van der Waals surface area contributed by atoms with Gasteiger partial charge in [-0.25, -0.2) is 8.42 Å². The lowest BCUT2D eigenvalue weighted by atomic mass is 9.94. The van der Waals surface area contributed by atoms with Crippen molar-refractivity contribution in [3.63, 3.8) is 0 Å². The van der Waals surface area contributed by atoms with E-state index < -0.39 is 10.0 Å². The van der Waals surface area contributed by atoms with Crippen molar-refractivity contribution >= 4 is 10.0 Å². The molecule has 1 saturated carbocycles. The molecule has 1 aliphatic carbocycles. The second kappa shape index (κ2) is 4.44. The van der Waals surface area contributed by atoms with Crippen LogP contribution in [0.3, 0.4) is 0 Å². The van der Waals surface area contributed by atoms with E-state index in [9.17, 15) is 8.42 Å². The molecule has 1 heterocycles. The molecule has 1 aliphatic rings. The molecule has 6 heteroatoms. The first kappa shape index (κ1) is 12.6. The highest BCUT2D eigenvalue weighted by Gasteiger charge is 2.33. The van der Waals surface area contributed by atoms with E-state index in [1.54, 1.807) is 14.0 Å². The Morgan fingerprint density at radius 1 is 1.53 bits per heavy atom. The van der Waals surface area contributed by atoms with Gasteiger partial charge in [-0.15, -0.1) is 0 Å². The minimum absolute atomic E-state index is 0.104. The zero-order valence-corrected chi connectivity index (χ0v) is 10.8. The first-order valence-corrected chi connectivity index (χ1v) is 7.09. The first-order valence-electron chi connectivity index (χ1n) is 5.65. The van der Waals surface area contributed by atoms with Crippen LogP contribution in [-0.4, -0.2) is 30.9 Å². The van der Waals surface area contributed by atoms with E-state index in [1.807, 2.05) is 0 Å². The van der Waals surface area contributed by atoms with Crippen molar-refractivity contribution in [3.8, 4) is 0 Å². The molecule has 0 saturated heterocycles. The third-order valence-electron chi connectivity index (χ3n) is 3.33. The molecule has 1 N–H and O–H groups in total. The fraction of sp³-hybridized carbons (Fsp3) is 0.636. The van der Waals surface area contributed by atoms with Crippen molar-refractivity contribution in [3.05, 3.63) is 17.6 Å². The van der Waals surface area contributed by atoms with Crippen molar-refractivity contribution in [2.75, 3.05) is 7.05 Å². The lowest BCUT2D eigenvalue weighted by molar-refractivity contribution is 0.244. The maximum Gasteiger partial charge on any atom is 0.246 e. The quantitative estimate of drug-likeness (QED) is 0.883. The highest BCUT2D eigenvalue weighted by Crippen LogP contribution is 2.30. The molecule has 0 bridgehead atoms. The largest absolute Gasteiger partial charge is 0.462 e. The summed E-state index contributed by atoms with van der Waals surface area (Å²) >= 11 is 0. The topological polar surface area (TPSA) is 70.8 Å². The maximum atomic E-state index is 12.3. The number of nitrogens with zero attached hydrogens (tertiary/aromatic N) is 1. The standard InChI is InChI=1S/C11H17NO4S/c1-8-11(6-10(7-13)16-8)17(14,15)12(2)9-4-3-5-9/h6,9,13H,3-5,7H2,1-2H3. The van der Waals surface area contributed by atoms with Crippen molar-refractivity contribution in [1.82, 2.24) is 4.31 Å². The van der Waals surface area contributed by atoms with E-state index in [4.69, 9.17) is 9.52 Å². The van der Waals surface area contributed by atoms with Crippen LogP contribution in [0.15, 0.2) is 15.4 Å². The molecular weight excluding hydrogens is 242 g/mol. The number of hydrogen-bond donors (Lipinski definition) is 1. The van der Waals surface area contributed by atoms with Crippen LogP contribution in [0, 0.1) is 6.92 Å². The Morgan fingerprint density at radius 3 is 2.59 bits per heavy atom. The van der Waals surface area contributed by atoms with Crippen LogP contribution in [0.5, 0.6) is 0 Å². The molecule has 17 heavy (non-hydrogen) atoms. The SMILES string of the molecule is Cc1oc(CO)cc1S(=O)(=O)N(C)C1CCC1. The molecule has 96 valence electrons. The Balaban J connectivity index is 2.33. The summed E-state index contributed by atoms with van der Waals surface area (Å²) in [7, 11) is -1.89. The van der Waals surface area contributed by atoms with E-state index in [2.05, 4.69) is 0 Å². The third kappa shape index (κ3) is 2.12. The molecular formula is C11H17NO4S. The zero-order valence-electron chi connectivity index (χ0n) is 10.0. The number of aryl methyl sites for hydroxylation is 1. The van der Waals surface area contributed by atoms with Gasteiger partial charge in [-0.3, -0.25) is 0 Å². The Bertz CT molecular complexity index is 502. The van der Waals surface area contributed by atoms with Crippen molar-refractivity contribution in [1.29, 1.82) is 0 Å². The fourth-order valence-electron chi connectivity index (χ4n) is 1.96. The van der Waals surface area contributed by atoms with E-state index in [0.29, 0.717) is 5.76 Å². The summed E-state index contributed by atoms with van der Waals surface area (Å²) < 4.78 is 31.2. The van der Waals surface area contributed by atoms with Gasteiger partial charge in [-0.1, -0.05) is 6.42 Å². The number of aliphatic hydroxyl groups excluding tert-OH is 1. The summed E-state index contributed by atoms with van der Waals surface area (Å²) in [4.78, 5) is 0.163. The van der Waals surface area contributed by atoms with Crippen molar-refractivity contribution in [2.24, 2.45) is 0 Å². The van der Waals surface area contributed by atoms with Gasteiger partial charge in [-0.05, 0) is 19.8 Å². The summed E-state index contributed by atoms with van der Waals surface area (Å²) in [6, 6.07) is 1.51. The van der Waals surface area contributed by atoms with Crippen LogP contribution in [-0.2, 0) is 16.6 Å². The van der Waals surface area contributed by atoms with Crippen molar-refractivity contribution in [2.45, 2.75) is 43.7 Å². The van der Waals surface area contributed by atoms with Gasteiger partial charge in [0.15, 0.2) is 0 Å². The van der Waals surface area contributed by atoms with Gasteiger partial charge in [0.2, 0.25) is 10.0 Å². The monoisotopic (exact) mass is 259 g/mol. The normalized spacial score (nSPS) is 17.4. The Hall–Kier alpha value is -0.850. The van der Waals surface area contributed by atoms with Crippen molar-refractivity contribution < 1.29 is 17.9 Å². The molecule has 0 spiro atoms. The summed E-state index contributed by atoms with van der Waals surface area (Å²) in [5.74, 6) is 0.614. The molecule has 0 atom stereocenters. The molecule has 0 amide bonds. The molecule has 0 aromatic carbocycles. The van der Waals surface area contributed by atoms with E-state index in [0.717, 1.165) is 19.3 Å². The molecule has 0 aliphatic heterocycles. The first-order chi connectivity index (χ1) is 7.96. The van der Waals surface area contributed by atoms with Gasteiger partial charge in [0.25, 0.3) is 0 Å². The lowest BCUT2D eigenvalue weighted by Gasteiger charge is -2.33. The Kier molecular flexibility index (Phi) is 3.29. The molecule has 0 radical (unpaired) electrons. The minimum Gasteiger partial charge on any atom is -0.462 e. The highest BCUT2D eigenvalue weighted by molar-refractivity contribution is 7.89. The minimum atomic E-state index is -3.49. The Morgan fingerprint density at radius 2 is 2.18 bits per heavy atom. The van der Waals surface area contributed by atoms with Crippen LogP contribution >= 0.6 is 0 Å². The van der Waals surface area contributed by atoms with Crippen LogP contribution in [0.2, 0.25) is 0 Å². The van der Waals surface area contributed by atoms with E-state index >= 15 is 0 Å². The summed E-state index contributed by atoms with van der Waals surface area (Å²) in [6.45, 7) is 1.31. The van der Waals surface area contributed by atoms with Gasteiger partial charge in [0.1, 0.15) is 23.0 Å². The third-order valence-corrected chi connectivity index (χ3v) is 5.34. The summed E-state index contributed by atoms with van der Waals surface area (Å²) in [5, 5.41) is 8.94. The molecule has 1 fully saturated rings. The van der Waals surface area contributed by atoms with Crippen LogP contribution in [0.4, 0.5) is 0 Å². The van der Waals surface area contributed by atoms with Gasteiger partial charge >= 0.3 is 0 Å². The molecule has 0 unspecified atom stereocenters. The van der Waals surface area contributed by atoms with Gasteiger partial charge in [0.05, 0.1) is 0 Å². The molecule has 5 nitrogen and oxygen atoms in total. The smallest absolute Gasteiger partial charge is 0.246 e. The number of aliphatic hydroxyl groups is 1. The maximum absolute atomic E-state index is 12.3. The molecule has 1 aromatic heterocycles. The molecule has 1 aromatic rings. The van der Waals surface area contributed by atoms with Gasteiger partial charge < -0.3 is 9.52 Å². The van der Waals surface area contributed by atoms with E-state index in [1.165, 1.54) is 10.4 Å². The fourth-order valence-corrected chi connectivity index (χ4v) is 3.56. The predicted octanol–water partition coefficient (Wildman–Crippen LogP) is 1.25. The second-order valence-corrected chi connectivity index (χ2v) is 6.36. The van der Waals surface area contributed by atoms with Crippen LogP contribution in [0.1, 0.15) is 30.8 Å². The summed E-state index contributed by atoms with van der Waals surface area (Å²) in [6.07, 6.45) is 2.91. The number of furan rings is 1.